The molecule has 1 amide bonds. The molecule has 0 aliphatic carbocycles. The number of hydrogen-bond donors (Lipinski definition) is 0. The lowest BCUT2D eigenvalue weighted by Crippen LogP contribution is -2.42. The van der Waals surface area contributed by atoms with Gasteiger partial charge < -0.3 is 9.64 Å². The molecule has 1 aliphatic rings. The summed E-state index contributed by atoms with van der Waals surface area (Å²) in [7, 11) is 0. The predicted molar refractivity (Wildman–Crippen MR) is 99.6 cm³/mol. The van der Waals surface area contributed by atoms with E-state index in [-0.39, 0.29) is 5.91 Å². The smallest absolute Gasteiger partial charge is 0.338 e. The van der Waals surface area contributed by atoms with Gasteiger partial charge in [-0.25, -0.2) is 9.48 Å². The van der Waals surface area contributed by atoms with Gasteiger partial charge in [0.2, 0.25) is 0 Å². The highest BCUT2D eigenvalue weighted by Gasteiger charge is 2.27. The monoisotopic (exact) mass is 377 g/mol. The van der Waals surface area contributed by atoms with Crippen LogP contribution in [0.15, 0.2) is 54.9 Å². The van der Waals surface area contributed by atoms with Gasteiger partial charge in [0, 0.05) is 13.1 Å². The molecular weight excluding hydrogens is 358 g/mol. The lowest BCUT2D eigenvalue weighted by Gasteiger charge is -2.30. The SMILES string of the molecule is C[C@@H](OC(=O)c1ccc(-n2cnnn2)cc1)C(=O)N1CCc2ccccc2C1. The Bertz CT molecular complexity index is 985. The van der Waals surface area contributed by atoms with E-state index in [1.165, 1.54) is 16.6 Å². The van der Waals surface area contributed by atoms with E-state index in [2.05, 4.69) is 21.6 Å². The number of benzene rings is 2. The molecule has 1 aliphatic heterocycles. The van der Waals surface area contributed by atoms with Gasteiger partial charge in [-0.2, -0.15) is 0 Å². The zero-order chi connectivity index (χ0) is 19.5. The van der Waals surface area contributed by atoms with Crippen molar-refractivity contribution in [2.45, 2.75) is 26.0 Å². The van der Waals surface area contributed by atoms with Crippen LogP contribution in [0.3, 0.4) is 0 Å². The summed E-state index contributed by atoms with van der Waals surface area (Å²) in [6, 6.07) is 14.7. The number of hydrogen-bond acceptors (Lipinski definition) is 6. The molecule has 1 aromatic heterocycles. The second kappa shape index (κ2) is 7.59. The van der Waals surface area contributed by atoms with Crippen LogP contribution >= 0.6 is 0 Å². The minimum absolute atomic E-state index is 0.187. The molecule has 1 atom stereocenters. The molecule has 3 aromatic rings. The summed E-state index contributed by atoms with van der Waals surface area (Å²) in [6.07, 6.45) is 1.42. The van der Waals surface area contributed by atoms with Gasteiger partial charge in [-0.1, -0.05) is 24.3 Å². The van der Waals surface area contributed by atoms with Crippen LogP contribution in [0.1, 0.15) is 28.4 Å². The lowest BCUT2D eigenvalue weighted by atomic mass is 9.99. The first-order valence-electron chi connectivity index (χ1n) is 9.02. The Morgan fingerprint density at radius 2 is 1.82 bits per heavy atom. The number of esters is 1. The van der Waals surface area contributed by atoms with Crippen molar-refractivity contribution in [2.75, 3.05) is 6.54 Å². The quantitative estimate of drug-likeness (QED) is 0.644. The first-order chi connectivity index (χ1) is 13.6. The van der Waals surface area contributed by atoms with Crippen LogP contribution in [0.25, 0.3) is 5.69 Å². The number of amides is 1. The molecule has 28 heavy (non-hydrogen) atoms. The number of carbonyl (C=O) groups is 2. The average molecular weight is 377 g/mol. The molecule has 0 unspecified atom stereocenters. The third-order valence-corrected chi connectivity index (χ3v) is 4.79. The van der Waals surface area contributed by atoms with E-state index in [1.807, 2.05) is 18.2 Å². The lowest BCUT2D eigenvalue weighted by molar-refractivity contribution is -0.140. The van der Waals surface area contributed by atoms with Crippen LogP contribution in [-0.2, 0) is 22.5 Å². The van der Waals surface area contributed by atoms with Gasteiger partial charge >= 0.3 is 5.97 Å². The second-order valence-electron chi connectivity index (χ2n) is 6.63. The van der Waals surface area contributed by atoms with Crippen molar-refractivity contribution in [3.8, 4) is 5.69 Å². The Balaban J connectivity index is 1.38. The summed E-state index contributed by atoms with van der Waals surface area (Å²) >= 11 is 0. The van der Waals surface area contributed by atoms with Crippen molar-refractivity contribution in [1.82, 2.24) is 25.1 Å². The Morgan fingerprint density at radius 3 is 2.54 bits per heavy atom. The summed E-state index contributed by atoms with van der Waals surface area (Å²) in [6.45, 7) is 2.77. The maximum atomic E-state index is 12.7. The fraction of sp³-hybridized carbons (Fsp3) is 0.250. The van der Waals surface area contributed by atoms with E-state index in [0.717, 1.165) is 17.7 Å². The number of rotatable bonds is 4. The summed E-state index contributed by atoms with van der Waals surface area (Å²) in [5.74, 6) is -0.727. The molecule has 0 radical (unpaired) electrons. The second-order valence-corrected chi connectivity index (χ2v) is 6.63. The van der Waals surface area contributed by atoms with Gasteiger partial charge in [0.25, 0.3) is 5.91 Å². The van der Waals surface area contributed by atoms with E-state index in [4.69, 9.17) is 4.74 Å². The Hall–Kier alpha value is -3.55. The van der Waals surface area contributed by atoms with Crippen molar-refractivity contribution in [2.24, 2.45) is 0 Å². The van der Waals surface area contributed by atoms with Crippen LogP contribution in [0.4, 0.5) is 0 Å². The standard InChI is InChI=1S/C20H19N5O3/c1-14(19(26)24-11-10-15-4-2-3-5-17(15)12-24)28-20(27)16-6-8-18(9-7-16)25-13-21-22-23-25/h2-9,13-14H,10-12H2,1H3/t14-/m1/s1. The zero-order valence-corrected chi connectivity index (χ0v) is 15.4. The molecule has 142 valence electrons. The Labute approximate surface area is 161 Å². The summed E-state index contributed by atoms with van der Waals surface area (Å²) in [5.41, 5.74) is 3.48. The minimum Gasteiger partial charge on any atom is -0.449 e. The van der Waals surface area contributed by atoms with E-state index >= 15 is 0 Å². The molecule has 2 heterocycles. The molecule has 0 N–H and O–H groups in total. The van der Waals surface area contributed by atoms with E-state index in [0.29, 0.717) is 18.7 Å². The highest BCUT2D eigenvalue weighted by molar-refractivity contribution is 5.92. The van der Waals surface area contributed by atoms with E-state index in [1.54, 1.807) is 36.1 Å². The van der Waals surface area contributed by atoms with Crippen molar-refractivity contribution in [3.63, 3.8) is 0 Å². The summed E-state index contributed by atoms with van der Waals surface area (Å²) < 4.78 is 6.87. The zero-order valence-electron chi connectivity index (χ0n) is 15.4. The van der Waals surface area contributed by atoms with Crippen molar-refractivity contribution >= 4 is 11.9 Å². The molecule has 8 heteroatoms. The number of carbonyl (C=O) groups excluding carboxylic acids is 2. The molecule has 0 spiro atoms. The molecule has 0 bridgehead atoms. The number of tetrazole rings is 1. The maximum Gasteiger partial charge on any atom is 0.338 e. The van der Waals surface area contributed by atoms with Crippen molar-refractivity contribution < 1.29 is 14.3 Å². The van der Waals surface area contributed by atoms with Gasteiger partial charge in [-0.15, -0.1) is 5.10 Å². The van der Waals surface area contributed by atoms with Gasteiger partial charge in [-0.05, 0) is 59.2 Å². The van der Waals surface area contributed by atoms with Crippen LogP contribution in [0.5, 0.6) is 0 Å². The van der Waals surface area contributed by atoms with E-state index in [9.17, 15) is 9.59 Å². The highest BCUT2D eigenvalue weighted by Crippen LogP contribution is 2.20. The van der Waals surface area contributed by atoms with Gasteiger partial charge in [-0.3, -0.25) is 4.79 Å². The molecule has 2 aromatic carbocycles. The molecule has 4 rings (SSSR count). The first kappa shape index (κ1) is 17.8. The normalized spacial score (nSPS) is 14.2. The summed E-state index contributed by atoms with van der Waals surface area (Å²) in [5, 5.41) is 10.9. The molecule has 0 fully saturated rings. The van der Waals surface area contributed by atoms with Crippen LogP contribution in [-0.4, -0.2) is 49.6 Å². The Kier molecular flexibility index (Phi) is 4.84. The van der Waals surface area contributed by atoms with Gasteiger partial charge in [0.1, 0.15) is 6.33 Å². The number of ether oxygens (including phenoxy) is 1. The predicted octanol–water partition coefficient (Wildman–Crippen LogP) is 1.79. The van der Waals surface area contributed by atoms with Crippen LogP contribution < -0.4 is 0 Å². The molecule has 0 saturated carbocycles. The largest absolute Gasteiger partial charge is 0.449 e. The van der Waals surface area contributed by atoms with Crippen molar-refractivity contribution in [1.29, 1.82) is 0 Å². The first-order valence-corrected chi connectivity index (χ1v) is 9.02. The average Bonchev–Trinajstić information content (AvgIpc) is 3.28. The number of fused-ring (bicyclic) bond motifs is 1. The van der Waals surface area contributed by atoms with Crippen LogP contribution in [0.2, 0.25) is 0 Å². The minimum atomic E-state index is -0.850. The third kappa shape index (κ3) is 3.62. The van der Waals surface area contributed by atoms with E-state index < -0.39 is 12.1 Å². The van der Waals surface area contributed by atoms with Crippen LogP contribution in [0, 0.1) is 0 Å². The fourth-order valence-corrected chi connectivity index (χ4v) is 3.25. The molecular formula is C20H19N5O3. The number of nitrogens with zero attached hydrogens (tertiary/aromatic N) is 5. The van der Waals surface area contributed by atoms with Gasteiger partial charge in [0.15, 0.2) is 6.10 Å². The highest BCUT2D eigenvalue weighted by atomic mass is 16.5. The molecule has 8 nitrogen and oxygen atoms in total. The maximum absolute atomic E-state index is 12.7. The summed E-state index contributed by atoms with van der Waals surface area (Å²) in [4.78, 5) is 26.8. The topological polar surface area (TPSA) is 90.2 Å². The third-order valence-electron chi connectivity index (χ3n) is 4.79. The van der Waals surface area contributed by atoms with Crippen molar-refractivity contribution in [3.05, 3.63) is 71.5 Å². The molecule has 0 saturated heterocycles. The number of aromatic nitrogens is 4. The Morgan fingerprint density at radius 1 is 1.07 bits per heavy atom. The van der Waals surface area contributed by atoms with Gasteiger partial charge in [0.05, 0.1) is 11.3 Å². The fourth-order valence-electron chi connectivity index (χ4n) is 3.25.